The third-order valence-electron chi connectivity index (χ3n) is 3.25. The molecule has 0 fully saturated rings. The Morgan fingerprint density at radius 3 is 2.15 bits per heavy atom. The van der Waals surface area contributed by atoms with Gasteiger partial charge in [-0.15, -0.1) is 0 Å². The van der Waals surface area contributed by atoms with E-state index in [0.29, 0.717) is 6.42 Å². The highest BCUT2D eigenvalue weighted by Crippen LogP contribution is 2.21. The van der Waals surface area contributed by atoms with Crippen molar-refractivity contribution in [3.8, 4) is 0 Å². The zero-order valence-electron chi connectivity index (χ0n) is 11.9. The summed E-state index contributed by atoms with van der Waals surface area (Å²) in [4.78, 5) is 12.4. The minimum atomic E-state index is 0.224. The molecule has 20 heavy (non-hydrogen) atoms. The summed E-state index contributed by atoms with van der Waals surface area (Å²) in [6.45, 7) is 2.11. The Morgan fingerprint density at radius 2 is 1.55 bits per heavy atom. The Kier molecular flexibility index (Phi) is 5.31. The Labute approximate surface area is 121 Å². The standard InChI is InChI=1S/C19H20O/c1-2-3-14-19(20)18(17-12-8-5-9-13-17)15-16-10-6-4-7-11-16/h4-13,15H,2-3,14H2,1H3/b18-15+. The van der Waals surface area contributed by atoms with E-state index < -0.39 is 0 Å². The van der Waals surface area contributed by atoms with Gasteiger partial charge in [-0.25, -0.2) is 0 Å². The zero-order valence-corrected chi connectivity index (χ0v) is 11.9. The molecule has 0 aliphatic heterocycles. The SMILES string of the molecule is CCCCC(=O)/C(=C/c1ccccc1)c1ccccc1. The van der Waals surface area contributed by atoms with Crippen LogP contribution in [0.1, 0.15) is 37.3 Å². The van der Waals surface area contributed by atoms with Gasteiger partial charge in [-0.2, -0.15) is 0 Å². The maximum absolute atomic E-state index is 12.4. The van der Waals surface area contributed by atoms with Crippen LogP contribution in [0.2, 0.25) is 0 Å². The highest BCUT2D eigenvalue weighted by molar-refractivity contribution is 6.25. The van der Waals surface area contributed by atoms with Crippen LogP contribution >= 0.6 is 0 Å². The van der Waals surface area contributed by atoms with Gasteiger partial charge in [-0.05, 0) is 23.6 Å². The molecule has 0 radical (unpaired) electrons. The summed E-state index contributed by atoms with van der Waals surface area (Å²) in [7, 11) is 0. The molecule has 2 rings (SSSR count). The van der Waals surface area contributed by atoms with Gasteiger partial charge in [0.25, 0.3) is 0 Å². The van der Waals surface area contributed by atoms with E-state index in [-0.39, 0.29) is 5.78 Å². The molecule has 0 N–H and O–H groups in total. The van der Waals surface area contributed by atoms with Gasteiger partial charge in [0.1, 0.15) is 0 Å². The van der Waals surface area contributed by atoms with Crippen LogP contribution in [-0.4, -0.2) is 5.78 Å². The molecule has 2 aromatic rings. The number of ketones is 1. The van der Waals surface area contributed by atoms with E-state index in [2.05, 4.69) is 6.92 Å². The molecule has 0 saturated heterocycles. The zero-order chi connectivity index (χ0) is 14.2. The van der Waals surface area contributed by atoms with Gasteiger partial charge in [0.2, 0.25) is 0 Å². The Hall–Kier alpha value is -2.15. The van der Waals surface area contributed by atoms with Crippen LogP contribution in [0.25, 0.3) is 11.6 Å². The van der Waals surface area contributed by atoms with E-state index in [9.17, 15) is 4.79 Å². The molecular weight excluding hydrogens is 244 g/mol. The first-order valence-corrected chi connectivity index (χ1v) is 7.16. The van der Waals surface area contributed by atoms with Gasteiger partial charge in [-0.1, -0.05) is 74.0 Å². The first kappa shape index (κ1) is 14.3. The lowest BCUT2D eigenvalue weighted by Crippen LogP contribution is -2.01. The molecule has 0 heterocycles. The average Bonchev–Trinajstić information content (AvgIpc) is 2.52. The molecule has 0 saturated carbocycles. The van der Waals surface area contributed by atoms with Crippen molar-refractivity contribution >= 4 is 17.4 Å². The van der Waals surface area contributed by atoms with E-state index >= 15 is 0 Å². The fraction of sp³-hybridized carbons (Fsp3) is 0.211. The van der Waals surface area contributed by atoms with Crippen LogP contribution in [0.4, 0.5) is 0 Å². The lowest BCUT2D eigenvalue weighted by Gasteiger charge is -2.07. The molecule has 1 nitrogen and oxygen atoms in total. The second kappa shape index (κ2) is 7.44. The van der Waals surface area contributed by atoms with Gasteiger partial charge in [0.15, 0.2) is 5.78 Å². The fourth-order valence-corrected chi connectivity index (χ4v) is 2.13. The van der Waals surface area contributed by atoms with Gasteiger partial charge in [0, 0.05) is 12.0 Å². The van der Waals surface area contributed by atoms with Crippen molar-refractivity contribution in [2.24, 2.45) is 0 Å². The monoisotopic (exact) mass is 264 g/mol. The molecule has 102 valence electrons. The lowest BCUT2D eigenvalue weighted by atomic mass is 9.96. The van der Waals surface area contributed by atoms with Crippen molar-refractivity contribution in [3.05, 3.63) is 71.8 Å². The average molecular weight is 264 g/mol. The number of unbranched alkanes of at least 4 members (excludes halogenated alkanes) is 1. The summed E-state index contributed by atoms with van der Waals surface area (Å²) in [6.07, 6.45) is 4.59. The molecule has 1 heteroatoms. The summed E-state index contributed by atoms with van der Waals surface area (Å²) in [5.41, 5.74) is 2.87. The summed E-state index contributed by atoms with van der Waals surface area (Å²) in [5.74, 6) is 0.224. The minimum Gasteiger partial charge on any atom is -0.294 e. The molecule has 0 aliphatic rings. The minimum absolute atomic E-state index is 0.224. The summed E-state index contributed by atoms with van der Waals surface area (Å²) >= 11 is 0. The van der Waals surface area contributed by atoms with Crippen LogP contribution in [0.5, 0.6) is 0 Å². The van der Waals surface area contributed by atoms with Crippen LogP contribution in [0.3, 0.4) is 0 Å². The van der Waals surface area contributed by atoms with Gasteiger partial charge in [0.05, 0.1) is 0 Å². The third kappa shape index (κ3) is 3.92. The predicted octanol–water partition coefficient (Wildman–Crippen LogP) is 4.99. The molecule has 0 bridgehead atoms. The van der Waals surface area contributed by atoms with E-state index in [1.165, 1.54) is 0 Å². The van der Waals surface area contributed by atoms with E-state index in [1.807, 2.05) is 66.7 Å². The van der Waals surface area contributed by atoms with Crippen molar-refractivity contribution in [1.29, 1.82) is 0 Å². The first-order valence-electron chi connectivity index (χ1n) is 7.16. The lowest BCUT2D eigenvalue weighted by molar-refractivity contribution is -0.113. The number of benzene rings is 2. The number of rotatable bonds is 6. The normalized spacial score (nSPS) is 11.3. The highest BCUT2D eigenvalue weighted by atomic mass is 16.1. The second-order valence-corrected chi connectivity index (χ2v) is 4.86. The van der Waals surface area contributed by atoms with E-state index in [4.69, 9.17) is 0 Å². The molecule has 0 unspecified atom stereocenters. The van der Waals surface area contributed by atoms with Crippen LogP contribution < -0.4 is 0 Å². The predicted molar refractivity (Wildman–Crippen MR) is 85.3 cm³/mol. The van der Waals surface area contributed by atoms with Crippen LogP contribution in [0, 0.1) is 0 Å². The molecule has 0 spiro atoms. The molecule has 0 aliphatic carbocycles. The summed E-state index contributed by atoms with van der Waals surface area (Å²) in [6, 6.07) is 19.9. The number of hydrogen-bond donors (Lipinski definition) is 0. The van der Waals surface area contributed by atoms with Gasteiger partial charge in [-0.3, -0.25) is 4.79 Å². The largest absolute Gasteiger partial charge is 0.294 e. The fourth-order valence-electron chi connectivity index (χ4n) is 2.13. The van der Waals surface area contributed by atoms with Gasteiger partial charge < -0.3 is 0 Å². The van der Waals surface area contributed by atoms with Crippen LogP contribution in [0.15, 0.2) is 60.7 Å². The second-order valence-electron chi connectivity index (χ2n) is 4.86. The highest BCUT2D eigenvalue weighted by Gasteiger charge is 2.11. The number of allylic oxidation sites excluding steroid dienone is 1. The Morgan fingerprint density at radius 1 is 0.950 bits per heavy atom. The molecule has 0 aromatic heterocycles. The molecule has 0 amide bonds. The smallest absolute Gasteiger partial charge is 0.163 e. The number of carbonyl (C=O) groups excluding carboxylic acids is 1. The maximum Gasteiger partial charge on any atom is 0.163 e. The first-order chi connectivity index (χ1) is 9.81. The third-order valence-corrected chi connectivity index (χ3v) is 3.25. The van der Waals surface area contributed by atoms with Gasteiger partial charge >= 0.3 is 0 Å². The van der Waals surface area contributed by atoms with Crippen molar-refractivity contribution in [2.45, 2.75) is 26.2 Å². The quantitative estimate of drug-likeness (QED) is 0.531. The van der Waals surface area contributed by atoms with Crippen molar-refractivity contribution in [3.63, 3.8) is 0 Å². The van der Waals surface area contributed by atoms with E-state index in [0.717, 1.165) is 29.5 Å². The number of carbonyl (C=O) groups is 1. The van der Waals surface area contributed by atoms with Crippen LogP contribution in [-0.2, 0) is 4.79 Å². The number of hydrogen-bond acceptors (Lipinski definition) is 1. The topological polar surface area (TPSA) is 17.1 Å². The molecule has 2 aromatic carbocycles. The van der Waals surface area contributed by atoms with E-state index in [1.54, 1.807) is 0 Å². The van der Waals surface area contributed by atoms with Crippen molar-refractivity contribution < 1.29 is 4.79 Å². The summed E-state index contributed by atoms with van der Waals surface area (Å²) in [5, 5.41) is 0. The van der Waals surface area contributed by atoms with Crippen molar-refractivity contribution in [1.82, 2.24) is 0 Å². The maximum atomic E-state index is 12.4. The van der Waals surface area contributed by atoms with Crippen molar-refractivity contribution in [2.75, 3.05) is 0 Å². The summed E-state index contributed by atoms with van der Waals surface area (Å²) < 4.78 is 0. The molecule has 0 atom stereocenters. The molecular formula is C19H20O. The number of Topliss-reactive ketones (excluding diaryl/α,β-unsaturated/α-hetero) is 1. The Bertz CT molecular complexity index is 567. The Balaban J connectivity index is 2.34.